The third-order valence-electron chi connectivity index (χ3n) is 6.31. The second-order valence-corrected chi connectivity index (χ2v) is 8.90. The van der Waals surface area contributed by atoms with Crippen molar-refractivity contribution in [3.8, 4) is 5.75 Å². The fraction of sp³-hybridized carbons (Fsp3) is 0.462. The molecule has 1 saturated heterocycles. The molecule has 3 N–H and O–H groups in total. The Bertz CT molecular complexity index is 1080. The smallest absolute Gasteiger partial charge is 0.406 e. The lowest BCUT2D eigenvalue weighted by molar-refractivity contribution is -0.274. The van der Waals surface area contributed by atoms with Crippen LogP contribution < -0.4 is 20.7 Å². The van der Waals surface area contributed by atoms with Crippen LogP contribution in [0, 0.1) is 5.92 Å². The number of unbranched alkanes of at least 4 members (excludes halogenated alkanes) is 1. The highest BCUT2D eigenvalue weighted by molar-refractivity contribution is 5.91. The summed E-state index contributed by atoms with van der Waals surface area (Å²) < 4.78 is 56.3. The number of alkyl halides is 4. The number of ether oxygens (including phenoxy) is 1. The molecule has 10 heteroatoms. The van der Waals surface area contributed by atoms with E-state index in [0.717, 1.165) is 36.8 Å². The molecule has 0 radical (unpaired) electrons. The molecule has 0 atom stereocenters. The third kappa shape index (κ3) is 6.27. The number of nitrogens with one attached hydrogen (secondary N) is 1. The van der Waals surface area contributed by atoms with Gasteiger partial charge in [0, 0.05) is 23.1 Å². The second-order valence-electron chi connectivity index (χ2n) is 8.90. The number of allylic oxidation sites excluding steroid dienone is 2. The van der Waals surface area contributed by atoms with Crippen LogP contribution in [0.15, 0.2) is 42.6 Å². The average molecular weight is 509 g/mol. The Labute approximate surface area is 208 Å². The summed E-state index contributed by atoms with van der Waals surface area (Å²) in [5, 5.41) is 3.21. The number of anilines is 3. The van der Waals surface area contributed by atoms with Crippen LogP contribution in [0.25, 0.3) is 5.57 Å². The number of hydrogen-bond donors (Lipinski definition) is 2. The minimum atomic E-state index is -4.78. The minimum absolute atomic E-state index is 0.160. The highest BCUT2D eigenvalue weighted by atomic mass is 19.4. The van der Waals surface area contributed by atoms with Gasteiger partial charge in [-0.1, -0.05) is 33.3 Å². The number of nitrogens with two attached hydrogens (primary N) is 1. The lowest BCUT2D eigenvalue weighted by atomic mass is 9.85. The summed E-state index contributed by atoms with van der Waals surface area (Å²) >= 11 is 0. The first kappa shape index (κ1) is 27.3. The van der Waals surface area contributed by atoms with E-state index in [2.05, 4.69) is 41.9 Å². The van der Waals surface area contributed by atoms with E-state index >= 15 is 0 Å². The average Bonchev–Trinajstić information content (AvgIpc) is 2.80. The van der Waals surface area contributed by atoms with Gasteiger partial charge < -0.3 is 20.7 Å². The van der Waals surface area contributed by atoms with E-state index < -0.39 is 17.9 Å². The Hall–Kier alpha value is -3.30. The molecule has 1 amide bonds. The van der Waals surface area contributed by atoms with Crippen LogP contribution >= 0.6 is 0 Å². The molecule has 2 aromatic rings. The molecule has 1 aromatic carbocycles. The maximum atomic E-state index is 14.7. The number of hydrogen-bond acceptors (Lipinski definition) is 5. The number of benzene rings is 1. The lowest BCUT2D eigenvalue weighted by Crippen LogP contribution is -2.65. The molecule has 0 bridgehead atoms. The number of carbonyl (C=O) groups is 1. The van der Waals surface area contributed by atoms with Crippen molar-refractivity contribution in [2.45, 2.75) is 58.5 Å². The Morgan fingerprint density at radius 1 is 1.19 bits per heavy atom. The Balaban J connectivity index is 2.04. The number of nitrogens with zero attached hydrogens (tertiary/aromatic N) is 2. The van der Waals surface area contributed by atoms with Gasteiger partial charge in [0.25, 0.3) is 5.91 Å². The van der Waals surface area contributed by atoms with Crippen LogP contribution in [-0.2, 0) is 4.79 Å². The molecule has 0 spiro atoms. The summed E-state index contributed by atoms with van der Waals surface area (Å²) in [6, 6.07) is 7.15. The van der Waals surface area contributed by atoms with Crippen molar-refractivity contribution in [2.75, 3.05) is 23.3 Å². The zero-order chi connectivity index (χ0) is 26.5. The quantitative estimate of drug-likeness (QED) is 0.346. The van der Waals surface area contributed by atoms with Gasteiger partial charge in [-0.3, -0.25) is 4.79 Å². The number of amides is 1. The Morgan fingerprint density at radius 3 is 2.36 bits per heavy atom. The summed E-state index contributed by atoms with van der Waals surface area (Å²) in [6.07, 6.45) is 2.48. The zero-order valence-corrected chi connectivity index (χ0v) is 20.7. The molecule has 0 saturated carbocycles. The van der Waals surface area contributed by atoms with Gasteiger partial charge in [-0.05, 0) is 61.1 Å². The van der Waals surface area contributed by atoms with Gasteiger partial charge in [-0.2, -0.15) is 0 Å². The van der Waals surface area contributed by atoms with Gasteiger partial charge >= 0.3 is 6.36 Å². The number of pyridine rings is 1. The topological polar surface area (TPSA) is 80.5 Å². The largest absolute Gasteiger partial charge is 0.573 e. The molecule has 196 valence electrons. The molecule has 2 heterocycles. The number of carbonyl (C=O) groups excluding carboxylic acids is 1. The molecule has 3 rings (SSSR count). The summed E-state index contributed by atoms with van der Waals surface area (Å²) in [5.41, 5.74) is 6.22. The first-order valence-electron chi connectivity index (χ1n) is 12.1. The standard InChI is InChI=1S/C26H32F4N4O2/c1-4-7-8-20(17(5-2)6-3)22-21(34-15-25(27,16-34)24(31)35)13-14-32-23(22)33-18-9-11-19(12-10-18)36-26(28,29)30/h8-14,17H,4-7,15-16H2,1-3H3,(H2,31,35)(H,32,33)/b20-8-. The Morgan fingerprint density at radius 2 is 1.83 bits per heavy atom. The number of rotatable bonds is 11. The predicted octanol–water partition coefficient (Wildman–Crippen LogP) is 6.36. The van der Waals surface area contributed by atoms with Crippen molar-refractivity contribution < 1.29 is 27.1 Å². The van der Waals surface area contributed by atoms with Gasteiger partial charge in [-0.15, -0.1) is 13.2 Å². The van der Waals surface area contributed by atoms with Crippen LogP contribution in [0.4, 0.5) is 34.8 Å². The fourth-order valence-corrected chi connectivity index (χ4v) is 4.36. The Kier molecular flexibility index (Phi) is 8.47. The highest BCUT2D eigenvalue weighted by Gasteiger charge is 2.49. The van der Waals surface area contributed by atoms with Crippen LogP contribution in [-0.4, -0.2) is 36.0 Å². The van der Waals surface area contributed by atoms with Crippen LogP contribution in [0.1, 0.15) is 52.0 Å². The van der Waals surface area contributed by atoms with Gasteiger partial charge in [0.1, 0.15) is 11.6 Å². The van der Waals surface area contributed by atoms with Crippen LogP contribution in [0.2, 0.25) is 0 Å². The van der Waals surface area contributed by atoms with Gasteiger partial charge in [0.05, 0.1) is 13.1 Å². The highest BCUT2D eigenvalue weighted by Crippen LogP contribution is 2.43. The number of primary amides is 1. The van der Waals surface area contributed by atoms with E-state index in [1.807, 2.05) is 0 Å². The number of aromatic nitrogens is 1. The summed E-state index contributed by atoms with van der Waals surface area (Å²) in [6.45, 7) is 5.95. The molecular weight excluding hydrogens is 476 g/mol. The van der Waals surface area contributed by atoms with E-state index in [4.69, 9.17) is 5.73 Å². The van der Waals surface area contributed by atoms with Gasteiger partial charge in [0.15, 0.2) is 0 Å². The van der Waals surface area contributed by atoms with Crippen molar-refractivity contribution in [2.24, 2.45) is 11.7 Å². The summed E-state index contributed by atoms with van der Waals surface area (Å²) in [5.74, 6) is -0.630. The molecule has 1 aliphatic rings. The van der Waals surface area contributed by atoms with Crippen molar-refractivity contribution in [3.63, 3.8) is 0 Å². The first-order valence-corrected chi connectivity index (χ1v) is 12.1. The second kappa shape index (κ2) is 11.2. The molecule has 36 heavy (non-hydrogen) atoms. The predicted molar refractivity (Wildman–Crippen MR) is 133 cm³/mol. The van der Waals surface area contributed by atoms with Crippen molar-refractivity contribution in [1.82, 2.24) is 4.98 Å². The minimum Gasteiger partial charge on any atom is -0.406 e. The third-order valence-corrected chi connectivity index (χ3v) is 6.31. The van der Waals surface area contributed by atoms with Crippen molar-refractivity contribution in [3.05, 3.63) is 48.2 Å². The molecular formula is C26H32F4N4O2. The molecule has 0 unspecified atom stereocenters. The maximum absolute atomic E-state index is 14.7. The lowest BCUT2D eigenvalue weighted by Gasteiger charge is -2.45. The maximum Gasteiger partial charge on any atom is 0.573 e. The molecule has 0 aliphatic carbocycles. The number of halogens is 4. The molecule has 1 fully saturated rings. The van der Waals surface area contributed by atoms with Gasteiger partial charge in [-0.25, -0.2) is 9.37 Å². The van der Waals surface area contributed by atoms with E-state index in [1.165, 1.54) is 24.3 Å². The van der Waals surface area contributed by atoms with E-state index in [9.17, 15) is 22.4 Å². The van der Waals surface area contributed by atoms with Crippen molar-refractivity contribution in [1.29, 1.82) is 0 Å². The van der Waals surface area contributed by atoms with Crippen LogP contribution in [0.3, 0.4) is 0 Å². The normalized spacial score (nSPS) is 15.6. The molecule has 1 aliphatic heterocycles. The monoisotopic (exact) mass is 508 g/mol. The first-order chi connectivity index (χ1) is 17.0. The van der Waals surface area contributed by atoms with Gasteiger partial charge in [0.2, 0.25) is 5.67 Å². The van der Waals surface area contributed by atoms with E-state index in [1.54, 1.807) is 17.2 Å². The SMILES string of the molecule is CCC/C=C(\c1c(N2CC(F)(C(N)=O)C2)ccnc1Nc1ccc(OC(F)(F)F)cc1)C(CC)CC. The zero-order valence-electron chi connectivity index (χ0n) is 20.7. The molecule has 6 nitrogen and oxygen atoms in total. The van der Waals surface area contributed by atoms with E-state index in [0.29, 0.717) is 17.2 Å². The van der Waals surface area contributed by atoms with Crippen molar-refractivity contribution >= 4 is 28.7 Å². The summed E-state index contributed by atoms with van der Waals surface area (Å²) in [7, 11) is 0. The van der Waals surface area contributed by atoms with E-state index in [-0.39, 0.29) is 24.8 Å². The fourth-order valence-electron chi connectivity index (χ4n) is 4.36. The van der Waals surface area contributed by atoms with Crippen LogP contribution in [0.5, 0.6) is 5.75 Å². The molecule has 1 aromatic heterocycles. The summed E-state index contributed by atoms with van der Waals surface area (Å²) in [4.78, 5) is 17.9.